The van der Waals surface area contributed by atoms with Crippen molar-refractivity contribution in [1.29, 1.82) is 10.8 Å². The zero-order chi connectivity index (χ0) is 7.72. The minimum Gasteiger partial charge on any atom is -0.303 e. The zero-order valence-electron chi connectivity index (χ0n) is 5.23. The van der Waals surface area contributed by atoms with Crippen molar-refractivity contribution >= 4 is 23.0 Å². The van der Waals surface area contributed by atoms with Gasteiger partial charge in [-0.3, -0.25) is 15.0 Å². The summed E-state index contributed by atoms with van der Waals surface area (Å²) >= 11 is 0. The quantitative estimate of drug-likeness (QED) is 0.460. The van der Waals surface area contributed by atoms with Crippen LogP contribution in [0.3, 0.4) is 0 Å². The van der Waals surface area contributed by atoms with E-state index in [1.807, 2.05) is 0 Å². The predicted octanol–water partition coefficient (Wildman–Crippen LogP) is -0.0421. The number of carbonyl (C=O) groups excluding carboxylic acids is 2. The van der Waals surface area contributed by atoms with Crippen molar-refractivity contribution in [3.8, 4) is 0 Å². The van der Waals surface area contributed by atoms with Gasteiger partial charge in [-0.25, -0.2) is 0 Å². The molecule has 4 heteroatoms. The second kappa shape index (κ2) is 2.13. The van der Waals surface area contributed by atoms with E-state index >= 15 is 0 Å². The van der Waals surface area contributed by atoms with Crippen LogP contribution in [0.5, 0.6) is 0 Å². The number of rotatable bonds is 0. The molecule has 1 aliphatic rings. The van der Waals surface area contributed by atoms with E-state index in [2.05, 4.69) is 0 Å². The molecule has 0 unspecified atom stereocenters. The molecule has 0 amide bonds. The third-order valence-corrected chi connectivity index (χ3v) is 1.38. The van der Waals surface area contributed by atoms with E-state index < -0.39 is 17.3 Å². The Labute approximate surface area is 57.3 Å². The summed E-state index contributed by atoms with van der Waals surface area (Å²) in [5.74, 6) is -1.35. The number of ketones is 2. The fourth-order valence-corrected chi connectivity index (χ4v) is 0.754. The van der Waals surface area contributed by atoms with Gasteiger partial charge >= 0.3 is 0 Å². The molecule has 0 aliphatic heterocycles. The molecule has 0 saturated heterocycles. The lowest BCUT2D eigenvalue weighted by atomic mass is 9.94. The molecule has 0 aromatic carbocycles. The number of Topliss-reactive ketones (excluding diaryl/α,β-unsaturated/α-hetero) is 2. The van der Waals surface area contributed by atoms with E-state index in [4.69, 9.17) is 10.8 Å². The highest BCUT2D eigenvalue weighted by molar-refractivity contribution is 6.81. The van der Waals surface area contributed by atoms with Crippen LogP contribution in [-0.2, 0) is 9.59 Å². The first-order valence-corrected chi connectivity index (χ1v) is 2.87. The van der Waals surface area contributed by atoms with Gasteiger partial charge in [-0.15, -0.1) is 0 Å². The highest BCUT2D eigenvalue weighted by Crippen LogP contribution is 2.04. The van der Waals surface area contributed by atoms with Crippen molar-refractivity contribution < 1.29 is 9.59 Å². The summed E-state index contributed by atoms with van der Waals surface area (Å²) < 4.78 is 0. The second-order valence-electron chi connectivity index (χ2n) is 2.11. The number of hydrogen-bond donors (Lipinski definition) is 2. The van der Waals surface area contributed by atoms with Gasteiger partial charge in [0.1, 0.15) is 5.71 Å². The van der Waals surface area contributed by atoms with E-state index in [1.165, 1.54) is 0 Å². The summed E-state index contributed by atoms with van der Waals surface area (Å²) in [6, 6.07) is 0. The topological polar surface area (TPSA) is 81.8 Å². The Hall–Kier alpha value is -1.32. The molecular formula is C6H6N2O2. The van der Waals surface area contributed by atoms with Crippen LogP contribution < -0.4 is 0 Å². The molecule has 0 aromatic heterocycles. The van der Waals surface area contributed by atoms with Crippen LogP contribution in [0.15, 0.2) is 0 Å². The monoisotopic (exact) mass is 138 g/mol. The number of carbonyl (C=O) groups is 2. The molecule has 10 heavy (non-hydrogen) atoms. The summed E-state index contributed by atoms with van der Waals surface area (Å²) in [6.45, 7) is 0. The fourth-order valence-electron chi connectivity index (χ4n) is 0.754. The highest BCUT2D eigenvalue weighted by atomic mass is 16.2. The molecule has 1 aliphatic carbocycles. The SMILES string of the molecule is N=C1CCC(=O)C(=O)C1=N. The molecule has 4 nitrogen and oxygen atoms in total. The van der Waals surface area contributed by atoms with Gasteiger partial charge in [0, 0.05) is 6.42 Å². The minimum atomic E-state index is -0.809. The lowest BCUT2D eigenvalue weighted by Crippen LogP contribution is -2.34. The Morgan fingerprint density at radius 1 is 1.10 bits per heavy atom. The van der Waals surface area contributed by atoms with Crippen molar-refractivity contribution in [2.75, 3.05) is 0 Å². The van der Waals surface area contributed by atoms with Crippen molar-refractivity contribution in [2.45, 2.75) is 12.8 Å². The Balaban J connectivity index is 2.90. The van der Waals surface area contributed by atoms with Crippen molar-refractivity contribution in [1.82, 2.24) is 0 Å². The van der Waals surface area contributed by atoms with Gasteiger partial charge in [-0.1, -0.05) is 0 Å². The molecule has 0 radical (unpaired) electrons. The van der Waals surface area contributed by atoms with Crippen molar-refractivity contribution in [3.63, 3.8) is 0 Å². The van der Waals surface area contributed by atoms with Gasteiger partial charge in [0.15, 0.2) is 0 Å². The summed E-state index contributed by atoms with van der Waals surface area (Å²) in [4.78, 5) is 21.2. The van der Waals surface area contributed by atoms with Crippen LogP contribution in [0, 0.1) is 10.8 Å². The summed E-state index contributed by atoms with van der Waals surface area (Å²) in [6.07, 6.45) is 0.337. The van der Waals surface area contributed by atoms with Gasteiger partial charge in [-0.05, 0) is 6.42 Å². The Bertz CT molecular complexity index is 216. The Morgan fingerprint density at radius 2 is 1.70 bits per heavy atom. The summed E-state index contributed by atoms with van der Waals surface area (Å²) in [7, 11) is 0. The van der Waals surface area contributed by atoms with Gasteiger partial charge < -0.3 is 5.41 Å². The van der Waals surface area contributed by atoms with E-state index in [-0.39, 0.29) is 18.6 Å². The molecule has 0 aromatic rings. The van der Waals surface area contributed by atoms with Gasteiger partial charge in [0.2, 0.25) is 11.6 Å². The zero-order valence-corrected chi connectivity index (χ0v) is 5.23. The van der Waals surface area contributed by atoms with Crippen molar-refractivity contribution in [3.05, 3.63) is 0 Å². The smallest absolute Gasteiger partial charge is 0.247 e. The maximum atomic E-state index is 10.6. The predicted molar refractivity (Wildman–Crippen MR) is 34.7 cm³/mol. The molecule has 2 N–H and O–H groups in total. The molecule has 1 saturated carbocycles. The number of hydrogen-bond acceptors (Lipinski definition) is 4. The molecule has 0 atom stereocenters. The average Bonchev–Trinajstić information content (AvgIpc) is 1.93. The third kappa shape index (κ3) is 0.877. The molecular weight excluding hydrogens is 132 g/mol. The standard InChI is InChI=1S/C6H6N2O2/c7-3-1-2-4(9)6(10)5(3)8/h7-8H,1-2H2. The van der Waals surface area contributed by atoms with Crippen LogP contribution in [0.4, 0.5) is 0 Å². The molecule has 1 fully saturated rings. The van der Waals surface area contributed by atoms with Gasteiger partial charge in [0.05, 0.1) is 5.71 Å². The van der Waals surface area contributed by atoms with E-state index in [1.54, 1.807) is 0 Å². The molecule has 0 bridgehead atoms. The van der Waals surface area contributed by atoms with Crippen LogP contribution in [0.1, 0.15) is 12.8 Å². The van der Waals surface area contributed by atoms with Crippen molar-refractivity contribution in [2.24, 2.45) is 0 Å². The lowest BCUT2D eigenvalue weighted by Gasteiger charge is -2.08. The van der Waals surface area contributed by atoms with Gasteiger partial charge in [-0.2, -0.15) is 0 Å². The van der Waals surface area contributed by atoms with Crippen LogP contribution in [-0.4, -0.2) is 23.0 Å². The third-order valence-electron chi connectivity index (χ3n) is 1.38. The van der Waals surface area contributed by atoms with Gasteiger partial charge in [0.25, 0.3) is 0 Å². The Kier molecular flexibility index (Phi) is 1.45. The molecule has 0 spiro atoms. The summed E-state index contributed by atoms with van der Waals surface area (Å²) in [5.41, 5.74) is -0.458. The fraction of sp³-hybridized carbons (Fsp3) is 0.333. The normalized spacial score (nSPS) is 20.0. The largest absolute Gasteiger partial charge is 0.303 e. The first-order valence-electron chi connectivity index (χ1n) is 2.87. The number of nitrogens with one attached hydrogen (secondary N) is 2. The van der Waals surface area contributed by atoms with E-state index in [9.17, 15) is 9.59 Å². The summed E-state index contributed by atoms with van der Waals surface area (Å²) in [5, 5.41) is 14.0. The van der Waals surface area contributed by atoms with Crippen LogP contribution in [0.2, 0.25) is 0 Å². The second-order valence-corrected chi connectivity index (χ2v) is 2.11. The van der Waals surface area contributed by atoms with Crippen LogP contribution in [0.25, 0.3) is 0 Å². The maximum Gasteiger partial charge on any atom is 0.247 e. The first kappa shape index (κ1) is 6.80. The lowest BCUT2D eigenvalue weighted by molar-refractivity contribution is -0.132. The molecule has 1 rings (SSSR count). The van der Waals surface area contributed by atoms with E-state index in [0.717, 1.165) is 0 Å². The maximum absolute atomic E-state index is 10.6. The van der Waals surface area contributed by atoms with E-state index in [0.29, 0.717) is 0 Å². The molecule has 0 heterocycles. The first-order chi connectivity index (χ1) is 4.63. The minimum absolute atomic E-state index is 0.0235. The molecule has 52 valence electrons. The highest BCUT2D eigenvalue weighted by Gasteiger charge is 2.27. The Morgan fingerprint density at radius 3 is 2.20 bits per heavy atom. The average molecular weight is 138 g/mol. The van der Waals surface area contributed by atoms with Crippen LogP contribution >= 0.6 is 0 Å².